The number of rotatable bonds is 6. The van der Waals surface area contributed by atoms with Gasteiger partial charge >= 0.3 is 0 Å². The summed E-state index contributed by atoms with van der Waals surface area (Å²) in [7, 11) is 0. The van der Waals surface area contributed by atoms with Crippen molar-refractivity contribution in [3.8, 4) is 11.8 Å². The highest BCUT2D eigenvalue weighted by atomic mass is 127. The van der Waals surface area contributed by atoms with E-state index in [-0.39, 0.29) is 5.91 Å². The number of fused-ring (bicyclic) bond motifs is 1. The van der Waals surface area contributed by atoms with E-state index in [0.29, 0.717) is 23.5 Å². The fourth-order valence-corrected chi connectivity index (χ4v) is 3.55. The molecule has 0 aliphatic carbocycles. The summed E-state index contributed by atoms with van der Waals surface area (Å²) in [6, 6.07) is 28.5. The van der Waals surface area contributed by atoms with Crippen molar-refractivity contribution in [2.24, 2.45) is 5.10 Å². The lowest BCUT2D eigenvalue weighted by Gasteiger charge is -2.12. The second-order valence-electron chi connectivity index (χ2n) is 7.00. The minimum absolute atomic E-state index is 0.280. The largest absolute Gasteiger partial charge is 0.488 e. The van der Waals surface area contributed by atoms with E-state index in [1.165, 1.54) is 0 Å². The van der Waals surface area contributed by atoms with Crippen molar-refractivity contribution in [3.05, 3.63) is 111 Å². The van der Waals surface area contributed by atoms with Crippen LogP contribution in [0.3, 0.4) is 0 Å². The molecule has 0 saturated carbocycles. The zero-order chi connectivity index (χ0) is 22.3. The van der Waals surface area contributed by atoms with Gasteiger partial charge in [-0.15, -0.1) is 0 Å². The Labute approximate surface area is 199 Å². The maximum Gasteiger partial charge on any atom is 0.271 e. The summed E-state index contributed by atoms with van der Waals surface area (Å²) >= 11 is 2.19. The number of ether oxygens (including phenoxy) is 1. The van der Waals surface area contributed by atoms with Crippen molar-refractivity contribution >= 4 is 45.5 Å². The molecule has 32 heavy (non-hydrogen) atoms. The van der Waals surface area contributed by atoms with E-state index in [4.69, 9.17) is 10.00 Å². The Morgan fingerprint density at radius 3 is 2.50 bits per heavy atom. The highest BCUT2D eigenvalue weighted by molar-refractivity contribution is 14.1. The number of halogens is 1. The molecule has 0 heterocycles. The summed E-state index contributed by atoms with van der Waals surface area (Å²) in [6.07, 6.45) is 1.61. The molecule has 0 unspecified atom stereocenters. The summed E-state index contributed by atoms with van der Waals surface area (Å²) in [5, 5.41) is 15.2. The third-order valence-electron chi connectivity index (χ3n) is 4.87. The fraction of sp³-hybridized carbons (Fsp3) is 0.0385. The van der Waals surface area contributed by atoms with Crippen LogP contribution in [0.1, 0.15) is 27.0 Å². The number of hydrogen-bond donors (Lipinski definition) is 1. The van der Waals surface area contributed by atoms with Gasteiger partial charge in [-0.25, -0.2) is 5.43 Å². The van der Waals surface area contributed by atoms with Crippen LogP contribution in [0.25, 0.3) is 10.8 Å². The van der Waals surface area contributed by atoms with Crippen molar-refractivity contribution < 1.29 is 9.53 Å². The van der Waals surface area contributed by atoms with Gasteiger partial charge in [0.05, 0.1) is 17.8 Å². The average Bonchev–Trinajstić information content (AvgIpc) is 2.84. The summed E-state index contributed by atoms with van der Waals surface area (Å²) < 4.78 is 7.13. The number of hydrazone groups is 1. The molecular weight excluding hydrogens is 513 g/mol. The van der Waals surface area contributed by atoms with Gasteiger partial charge in [0.2, 0.25) is 0 Å². The molecule has 0 atom stereocenters. The monoisotopic (exact) mass is 531 g/mol. The summed E-state index contributed by atoms with van der Waals surface area (Å²) in [5.74, 6) is 0.373. The Kier molecular flexibility index (Phi) is 6.78. The van der Waals surface area contributed by atoms with Crippen LogP contribution >= 0.6 is 22.6 Å². The number of carbonyl (C=O) groups excluding carboxylic acids is 1. The topological polar surface area (TPSA) is 74.5 Å². The first kappa shape index (κ1) is 21.5. The molecule has 156 valence electrons. The maximum absolute atomic E-state index is 12.4. The van der Waals surface area contributed by atoms with E-state index in [0.717, 1.165) is 25.5 Å². The maximum atomic E-state index is 12.4. The summed E-state index contributed by atoms with van der Waals surface area (Å²) in [5.41, 5.74) is 5.46. The van der Waals surface area contributed by atoms with Crippen molar-refractivity contribution in [1.82, 2.24) is 5.43 Å². The van der Waals surface area contributed by atoms with Gasteiger partial charge in [0.25, 0.3) is 5.91 Å². The molecule has 0 radical (unpaired) electrons. The predicted octanol–water partition coefficient (Wildman–Crippen LogP) is 5.66. The standard InChI is InChI=1S/C26H18IN3O2/c27-22-12-9-21(10-13-22)26(31)30-29-16-24-23-4-2-1-3-20(23)11-14-25(24)32-17-19-7-5-18(15-28)6-8-19/h1-14,16H,17H2,(H,30,31)/b29-16-. The highest BCUT2D eigenvalue weighted by Crippen LogP contribution is 2.27. The van der Waals surface area contributed by atoms with Crippen LogP contribution in [-0.2, 0) is 6.61 Å². The summed E-state index contributed by atoms with van der Waals surface area (Å²) in [4.78, 5) is 12.4. The molecule has 0 saturated heterocycles. The molecular formula is C26H18IN3O2. The lowest BCUT2D eigenvalue weighted by Crippen LogP contribution is -2.17. The molecule has 0 aliphatic rings. The first-order valence-corrected chi connectivity index (χ1v) is 10.9. The van der Waals surface area contributed by atoms with Gasteiger partial charge < -0.3 is 4.74 Å². The zero-order valence-corrected chi connectivity index (χ0v) is 19.1. The van der Waals surface area contributed by atoms with E-state index in [2.05, 4.69) is 39.2 Å². The van der Waals surface area contributed by atoms with Crippen LogP contribution in [0, 0.1) is 14.9 Å². The van der Waals surface area contributed by atoms with Crippen LogP contribution in [-0.4, -0.2) is 12.1 Å². The van der Waals surface area contributed by atoms with Gasteiger partial charge in [0, 0.05) is 14.7 Å². The summed E-state index contributed by atoms with van der Waals surface area (Å²) in [6.45, 7) is 0.347. The lowest BCUT2D eigenvalue weighted by atomic mass is 10.0. The van der Waals surface area contributed by atoms with Gasteiger partial charge in [-0.05, 0) is 81.4 Å². The fourth-order valence-electron chi connectivity index (χ4n) is 3.19. The van der Waals surface area contributed by atoms with Gasteiger partial charge in [0.15, 0.2) is 0 Å². The molecule has 4 aromatic rings. The van der Waals surface area contributed by atoms with Gasteiger partial charge in [-0.3, -0.25) is 4.79 Å². The third-order valence-corrected chi connectivity index (χ3v) is 5.59. The Balaban J connectivity index is 1.56. The molecule has 0 bridgehead atoms. The number of nitrogens with zero attached hydrogens (tertiary/aromatic N) is 2. The number of nitriles is 1. The van der Waals surface area contributed by atoms with Crippen LogP contribution in [0.15, 0.2) is 90.0 Å². The molecule has 0 fully saturated rings. The van der Waals surface area contributed by atoms with E-state index < -0.39 is 0 Å². The smallest absolute Gasteiger partial charge is 0.271 e. The zero-order valence-electron chi connectivity index (χ0n) is 17.0. The molecule has 4 aromatic carbocycles. The van der Waals surface area contributed by atoms with Crippen LogP contribution in [0.2, 0.25) is 0 Å². The van der Waals surface area contributed by atoms with Crippen LogP contribution < -0.4 is 10.2 Å². The van der Waals surface area contributed by atoms with E-state index >= 15 is 0 Å². The minimum atomic E-state index is -0.280. The third kappa shape index (κ3) is 5.13. The van der Waals surface area contributed by atoms with Crippen molar-refractivity contribution in [2.75, 3.05) is 0 Å². The Morgan fingerprint density at radius 1 is 1.00 bits per heavy atom. The molecule has 1 N–H and O–H groups in total. The second-order valence-corrected chi connectivity index (χ2v) is 8.25. The number of carbonyl (C=O) groups is 1. The molecule has 5 nitrogen and oxygen atoms in total. The molecule has 1 amide bonds. The number of hydrogen-bond acceptors (Lipinski definition) is 4. The quantitative estimate of drug-likeness (QED) is 0.198. The first-order valence-electron chi connectivity index (χ1n) is 9.86. The van der Waals surface area contributed by atoms with E-state index in [1.54, 1.807) is 30.5 Å². The van der Waals surface area contributed by atoms with Gasteiger partial charge in [0.1, 0.15) is 12.4 Å². The van der Waals surface area contributed by atoms with Gasteiger partial charge in [-0.1, -0.05) is 42.5 Å². The SMILES string of the molecule is N#Cc1ccc(COc2ccc3ccccc3c2/C=N\NC(=O)c2ccc(I)cc2)cc1. The first-order chi connectivity index (χ1) is 15.6. The van der Waals surface area contributed by atoms with Crippen LogP contribution in [0.4, 0.5) is 0 Å². The molecule has 0 spiro atoms. The molecule has 0 aromatic heterocycles. The average molecular weight is 531 g/mol. The molecule has 4 rings (SSSR count). The van der Waals surface area contributed by atoms with E-state index in [1.807, 2.05) is 60.7 Å². The number of amides is 1. The second kappa shape index (κ2) is 10.1. The lowest BCUT2D eigenvalue weighted by molar-refractivity contribution is 0.0955. The molecule has 0 aliphatic heterocycles. The number of nitrogens with one attached hydrogen (secondary N) is 1. The van der Waals surface area contributed by atoms with Gasteiger partial charge in [-0.2, -0.15) is 10.4 Å². The normalized spacial score (nSPS) is 10.8. The van der Waals surface area contributed by atoms with Crippen molar-refractivity contribution in [1.29, 1.82) is 5.26 Å². The van der Waals surface area contributed by atoms with Crippen molar-refractivity contribution in [2.45, 2.75) is 6.61 Å². The molecule has 6 heteroatoms. The van der Waals surface area contributed by atoms with E-state index in [9.17, 15) is 4.79 Å². The Hall–Kier alpha value is -3.70. The predicted molar refractivity (Wildman–Crippen MR) is 134 cm³/mol. The minimum Gasteiger partial charge on any atom is -0.488 e. The Bertz CT molecular complexity index is 1320. The highest BCUT2D eigenvalue weighted by Gasteiger charge is 2.09. The van der Waals surface area contributed by atoms with Crippen LogP contribution in [0.5, 0.6) is 5.75 Å². The number of benzene rings is 4. The Morgan fingerprint density at radius 2 is 1.75 bits per heavy atom. The van der Waals surface area contributed by atoms with Crippen molar-refractivity contribution in [3.63, 3.8) is 0 Å².